The number of benzene rings is 3. The van der Waals surface area contributed by atoms with Crippen LogP contribution in [0.3, 0.4) is 0 Å². The number of hydrogen-bond donors (Lipinski definition) is 2. The summed E-state index contributed by atoms with van der Waals surface area (Å²) in [5.74, 6) is 1.15. The lowest BCUT2D eigenvalue weighted by molar-refractivity contribution is -0.438. The Bertz CT molecular complexity index is 2290. The molecule has 1 aliphatic carbocycles. The summed E-state index contributed by atoms with van der Waals surface area (Å²) in [4.78, 5) is 15.7. The number of nitrogens with one attached hydrogen (secondary N) is 1. The van der Waals surface area contributed by atoms with Crippen LogP contribution in [0, 0.1) is 0 Å². The van der Waals surface area contributed by atoms with Gasteiger partial charge < -0.3 is 24.4 Å². The lowest BCUT2D eigenvalue weighted by Crippen LogP contribution is -2.29. The van der Waals surface area contributed by atoms with Crippen molar-refractivity contribution in [1.82, 2.24) is 5.32 Å². The first-order chi connectivity index (χ1) is 28.8. The van der Waals surface area contributed by atoms with Crippen LogP contribution in [-0.2, 0) is 30.4 Å². The number of allylic oxidation sites excluding steroid dienone is 7. The molecule has 0 bridgehead atoms. The first kappa shape index (κ1) is 44.7. The molecule has 0 aromatic heterocycles. The number of ether oxygens (including phenoxy) is 3. The van der Waals surface area contributed by atoms with Gasteiger partial charge in [-0.15, -0.1) is 0 Å². The Morgan fingerprint density at radius 3 is 2.37 bits per heavy atom. The summed E-state index contributed by atoms with van der Waals surface area (Å²) in [5.41, 5.74) is 8.95. The summed E-state index contributed by atoms with van der Waals surface area (Å²) < 4.78 is 52.6. The number of rotatable bonds is 19. The van der Waals surface area contributed by atoms with Crippen LogP contribution in [0.4, 0.5) is 11.4 Å². The van der Waals surface area contributed by atoms with Crippen LogP contribution in [0.25, 0.3) is 0 Å². The molecule has 2 aliphatic heterocycles. The third kappa shape index (κ3) is 10.4. The molecule has 3 aromatic carbocycles. The van der Waals surface area contributed by atoms with Crippen LogP contribution < -0.4 is 15.0 Å². The van der Waals surface area contributed by atoms with Crippen molar-refractivity contribution in [3.05, 3.63) is 136 Å². The molecule has 2 N–H and O–H groups in total. The van der Waals surface area contributed by atoms with Crippen LogP contribution in [0.1, 0.15) is 95.1 Å². The molecule has 10 nitrogen and oxygen atoms in total. The van der Waals surface area contributed by atoms with Crippen molar-refractivity contribution in [3.63, 3.8) is 0 Å². The van der Waals surface area contributed by atoms with E-state index >= 15 is 0 Å². The van der Waals surface area contributed by atoms with E-state index in [1.165, 1.54) is 16.9 Å². The Morgan fingerprint density at radius 2 is 1.62 bits per heavy atom. The van der Waals surface area contributed by atoms with Crippen LogP contribution in [0.15, 0.2) is 120 Å². The number of hydrogen-bond acceptors (Lipinski definition) is 7. The smallest absolute Gasteiger partial charge is 0.264 e. The molecule has 0 saturated heterocycles. The number of amides is 1. The highest BCUT2D eigenvalue weighted by atomic mass is 32.2. The molecule has 3 aliphatic rings. The van der Waals surface area contributed by atoms with Crippen molar-refractivity contribution in [3.8, 4) is 5.75 Å². The summed E-state index contributed by atoms with van der Waals surface area (Å²) in [6.45, 7) is 16.8. The van der Waals surface area contributed by atoms with E-state index in [0.717, 1.165) is 65.4 Å². The van der Waals surface area contributed by atoms with Gasteiger partial charge in [0.2, 0.25) is 5.69 Å². The Balaban J connectivity index is 1.35. The number of anilines is 1. The number of carbonyl (C=O) groups excluding carboxylic acids is 1. The fourth-order valence-electron chi connectivity index (χ4n) is 8.61. The van der Waals surface area contributed by atoms with E-state index in [4.69, 9.17) is 14.2 Å². The van der Waals surface area contributed by atoms with Crippen molar-refractivity contribution in [2.45, 2.75) is 84.5 Å². The number of fused-ring (bicyclic) bond motifs is 2. The predicted octanol–water partition coefficient (Wildman–Crippen LogP) is 9.21. The molecule has 3 aromatic rings. The fraction of sp³-hybridized carbons (Fsp3) is 0.429. The maximum atomic E-state index is 13.3. The number of carbonyl (C=O) groups is 1. The maximum Gasteiger partial charge on any atom is 0.264 e. The number of unbranched alkanes of at least 4 members (excludes halogenated alkanes) is 1. The zero-order valence-corrected chi connectivity index (χ0v) is 36.9. The molecule has 320 valence electrons. The quantitative estimate of drug-likeness (QED) is 0.0698. The number of para-hydroxylation sites is 2. The zero-order chi connectivity index (χ0) is 42.9. The summed E-state index contributed by atoms with van der Waals surface area (Å²) in [7, 11) is -4.08. The third-order valence-electron chi connectivity index (χ3n) is 11.7. The second-order valence-electron chi connectivity index (χ2n) is 16.5. The van der Waals surface area contributed by atoms with Crippen LogP contribution in [-0.4, -0.2) is 81.0 Å². The first-order valence-corrected chi connectivity index (χ1v) is 23.0. The van der Waals surface area contributed by atoms with Crippen LogP contribution >= 0.6 is 0 Å². The Morgan fingerprint density at radius 1 is 0.867 bits per heavy atom. The minimum absolute atomic E-state index is 0.158. The maximum absolute atomic E-state index is 13.3. The molecule has 0 saturated carbocycles. The average Bonchev–Trinajstić information content (AvgIpc) is 3.58. The first-order valence-electron chi connectivity index (χ1n) is 21.4. The van der Waals surface area contributed by atoms with Crippen molar-refractivity contribution in [1.29, 1.82) is 0 Å². The van der Waals surface area contributed by atoms with Gasteiger partial charge in [-0.3, -0.25) is 9.35 Å². The molecule has 2 heterocycles. The van der Waals surface area contributed by atoms with Crippen molar-refractivity contribution in [2.75, 3.05) is 56.7 Å². The molecule has 0 unspecified atom stereocenters. The second-order valence-corrected chi connectivity index (χ2v) is 18.1. The van der Waals surface area contributed by atoms with E-state index in [2.05, 4.69) is 98.0 Å². The van der Waals surface area contributed by atoms with Gasteiger partial charge in [0.25, 0.3) is 16.0 Å². The van der Waals surface area contributed by atoms with Crippen molar-refractivity contribution in [2.24, 2.45) is 0 Å². The van der Waals surface area contributed by atoms with Crippen molar-refractivity contribution < 1.29 is 36.6 Å². The zero-order valence-electron chi connectivity index (χ0n) is 36.1. The predicted molar refractivity (Wildman–Crippen MR) is 240 cm³/mol. The summed E-state index contributed by atoms with van der Waals surface area (Å²) in [6.07, 6.45) is 12.4. The van der Waals surface area contributed by atoms with Gasteiger partial charge in [0.15, 0.2) is 5.71 Å². The van der Waals surface area contributed by atoms with E-state index in [1.807, 2.05) is 55.5 Å². The van der Waals surface area contributed by atoms with E-state index in [-0.39, 0.29) is 17.1 Å². The Labute approximate surface area is 357 Å². The lowest BCUT2D eigenvalue weighted by Gasteiger charge is -2.26. The molecule has 0 atom stereocenters. The lowest BCUT2D eigenvalue weighted by atomic mass is 9.80. The summed E-state index contributed by atoms with van der Waals surface area (Å²) in [5, 5.41) is 2.98. The third-order valence-corrected chi connectivity index (χ3v) is 12.5. The van der Waals surface area contributed by atoms with Gasteiger partial charge in [-0.2, -0.15) is 13.0 Å². The van der Waals surface area contributed by atoms with Crippen molar-refractivity contribution >= 4 is 33.1 Å². The largest absolute Gasteiger partial charge is 0.457 e. The molecule has 60 heavy (non-hydrogen) atoms. The van der Waals surface area contributed by atoms with E-state index in [0.29, 0.717) is 57.9 Å². The minimum Gasteiger partial charge on any atom is -0.457 e. The molecular formula is C49H62N3O7S+. The van der Waals surface area contributed by atoms with E-state index < -0.39 is 15.5 Å². The standard InChI is InChI=1S/C49H61N3O7S/c1-7-51-42-22-13-12-21-40(42)48(3,4)44(51)27-24-36-17-16-18-37(46(36)59-39-19-10-9-11-20-39)25-28-45-49(5,6)41-35-38(47(53)50-29-31-58-33-32-57-8-2)23-26-43(41)52(45)30-14-15-34-60(54,55)56/h9-13,19-28,35H,7-8,14-18,29-34H2,1-6H3,(H-,50,53,54,55,56)/p+1. The number of likely N-dealkylation sites (N-methyl/N-ethyl adjacent to an activating group) is 1. The highest BCUT2D eigenvalue weighted by Gasteiger charge is 2.45. The summed E-state index contributed by atoms with van der Waals surface area (Å²) >= 11 is 0. The summed E-state index contributed by atoms with van der Waals surface area (Å²) in [6, 6.07) is 24.4. The second kappa shape index (κ2) is 19.7. The van der Waals surface area contributed by atoms with Gasteiger partial charge in [-0.1, -0.05) is 56.3 Å². The highest BCUT2D eigenvalue weighted by molar-refractivity contribution is 7.85. The number of nitrogens with zero attached hydrogens (tertiary/aromatic N) is 2. The molecule has 11 heteroatoms. The monoisotopic (exact) mass is 836 g/mol. The minimum atomic E-state index is -4.08. The molecule has 6 rings (SSSR count). The Kier molecular flexibility index (Phi) is 14.7. The Hall–Kier alpha value is -4.81. The van der Waals surface area contributed by atoms with Crippen LogP contribution in [0.5, 0.6) is 5.75 Å². The van der Waals surface area contributed by atoms with Gasteiger partial charge in [-0.05, 0) is 113 Å². The SMILES string of the molecule is CCOCCOCCNC(=O)c1ccc2c(c1)C(C)(C)C(/C=C/C1=C(Oc3ccccc3)C(=C/C=C3/N(CC)c4ccccc4C3(C)C)/CCC1)=[N+]2CCCCS(=O)(=O)O. The molecule has 0 spiro atoms. The molecule has 1 amide bonds. The van der Waals surface area contributed by atoms with E-state index in [1.54, 1.807) is 0 Å². The van der Waals surface area contributed by atoms with Crippen LogP contribution in [0.2, 0.25) is 0 Å². The molecular weight excluding hydrogens is 775 g/mol. The van der Waals surface area contributed by atoms with Gasteiger partial charge in [0.05, 0.1) is 31.0 Å². The normalized spacial score (nSPS) is 18.5. The highest BCUT2D eigenvalue weighted by Crippen LogP contribution is 2.48. The van der Waals surface area contributed by atoms with Gasteiger partial charge in [0, 0.05) is 66.2 Å². The molecule has 0 radical (unpaired) electrons. The molecule has 0 fully saturated rings. The van der Waals surface area contributed by atoms with Gasteiger partial charge in [-0.25, -0.2) is 0 Å². The fourth-order valence-corrected chi connectivity index (χ4v) is 9.18. The van der Waals surface area contributed by atoms with Gasteiger partial charge in [0.1, 0.15) is 18.1 Å². The van der Waals surface area contributed by atoms with Gasteiger partial charge >= 0.3 is 0 Å². The topological polar surface area (TPSA) is 117 Å². The average molecular weight is 837 g/mol. The van der Waals surface area contributed by atoms with E-state index in [9.17, 15) is 17.8 Å².